The van der Waals surface area contributed by atoms with Gasteiger partial charge in [-0.1, -0.05) is 17.7 Å². The predicted molar refractivity (Wildman–Crippen MR) is 147 cm³/mol. The Morgan fingerprint density at radius 1 is 1.08 bits per heavy atom. The lowest BCUT2D eigenvalue weighted by molar-refractivity contribution is -0.384. The number of aryl methyl sites for hydroxylation is 1. The van der Waals surface area contributed by atoms with Gasteiger partial charge in [-0.25, -0.2) is 0 Å². The van der Waals surface area contributed by atoms with Crippen LogP contribution in [0.4, 0.5) is 11.4 Å². The summed E-state index contributed by atoms with van der Waals surface area (Å²) < 4.78 is 41.7. The molecule has 0 atom stereocenters. The number of rotatable bonds is 9. The zero-order valence-electron chi connectivity index (χ0n) is 20.2. The quantitative estimate of drug-likeness (QED) is 0.0856. The smallest absolute Gasteiger partial charge is 0.339 e. The van der Waals surface area contributed by atoms with Crippen molar-refractivity contribution >= 4 is 56.1 Å². The molecule has 0 saturated carbocycles. The van der Waals surface area contributed by atoms with E-state index in [9.17, 15) is 28.6 Å². The molecule has 0 aliphatic carbocycles. The Morgan fingerprint density at radius 3 is 2.32 bits per heavy atom. The van der Waals surface area contributed by atoms with Crippen LogP contribution in [0, 0.1) is 31.9 Å². The topological polar surface area (TPSA) is 158 Å². The molecule has 196 valence electrons. The number of halogens is 1. The van der Waals surface area contributed by atoms with Gasteiger partial charge in [-0.2, -0.15) is 13.7 Å². The predicted octanol–water partition coefficient (Wildman–Crippen LogP) is 4.84. The number of benzene rings is 3. The number of amides is 1. The van der Waals surface area contributed by atoms with Gasteiger partial charge in [0.15, 0.2) is 11.5 Å². The van der Waals surface area contributed by atoms with E-state index in [0.717, 1.165) is 11.6 Å². The molecule has 11 nitrogen and oxygen atoms in total. The zero-order valence-corrected chi connectivity index (χ0v) is 23.2. The fourth-order valence-electron chi connectivity index (χ4n) is 3.18. The molecule has 0 aromatic heterocycles. The number of nitrogens with zero attached hydrogens (tertiary/aromatic N) is 2. The Hall–Kier alpha value is -4.16. The summed E-state index contributed by atoms with van der Waals surface area (Å²) in [6, 6.07) is 14.5. The van der Waals surface area contributed by atoms with E-state index < -0.39 is 20.9 Å². The lowest BCUT2D eigenvalue weighted by Gasteiger charge is -2.14. The fraction of sp³-hybridized carbons (Fsp3) is 0.120. The van der Waals surface area contributed by atoms with Gasteiger partial charge in [-0.3, -0.25) is 14.9 Å². The summed E-state index contributed by atoms with van der Waals surface area (Å²) in [6.07, 6.45) is 1.25. The molecule has 38 heavy (non-hydrogen) atoms. The maximum Gasteiger partial charge on any atom is 0.339 e. The van der Waals surface area contributed by atoms with Gasteiger partial charge >= 0.3 is 10.1 Å². The number of anilines is 1. The Labute approximate surface area is 232 Å². The molecule has 3 aromatic carbocycles. The molecule has 0 heterocycles. The molecule has 1 N–H and O–H groups in total. The molecular formula is C25H20IN3O8S. The van der Waals surface area contributed by atoms with E-state index in [1.807, 2.05) is 29.5 Å². The van der Waals surface area contributed by atoms with E-state index in [4.69, 9.17) is 13.7 Å². The van der Waals surface area contributed by atoms with E-state index in [1.165, 1.54) is 56.7 Å². The number of nitrogens with one attached hydrogen (secondary N) is 1. The van der Waals surface area contributed by atoms with Crippen molar-refractivity contribution in [1.29, 1.82) is 5.26 Å². The molecule has 0 fully saturated rings. The minimum atomic E-state index is -4.17. The molecular weight excluding hydrogens is 629 g/mol. The Balaban J connectivity index is 1.93. The van der Waals surface area contributed by atoms with Crippen LogP contribution in [-0.2, 0) is 14.9 Å². The van der Waals surface area contributed by atoms with Crippen molar-refractivity contribution in [2.45, 2.75) is 11.8 Å². The molecule has 1 amide bonds. The first-order valence-electron chi connectivity index (χ1n) is 10.6. The first-order chi connectivity index (χ1) is 18.0. The number of carbonyl (C=O) groups is 1. The number of nitro groups is 1. The number of nitriles is 1. The lowest BCUT2D eigenvalue weighted by atomic mass is 10.1. The molecule has 0 radical (unpaired) electrons. The van der Waals surface area contributed by atoms with Gasteiger partial charge in [0.2, 0.25) is 0 Å². The highest BCUT2D eigenvalue weighted by molar-refractivity contribution is 14.1. The van der Waals surface area contributed by atoms with Gasteiger partial charge in [0, 0.05) is 12.1 Å². The van der Waals surface area contributed by atoms with Crippen LogP contribution in [0.15, 0.2) is 65.1 Å². The number of hydrogen-bond donors (Lipinski definition) is 1. The summed E-state index contributed by atoms with van der Waals surface area (Å²) in [5.41, 5.74) is 0.610. The van der Waals surface area contributed by atoms with Crippen LogP contribution in [0.5, 0.6) is 17.2 Å². The Morgan fingerprint density at radius 2 is 1.74 bits per heavy atom. The molecule has 0 spiro atoms. The highest BCUT2D eigenvalue weighted by Gasteiger charge is 2.22. The van der Waals surface area contributed by atoms with Crippen molar-refractivity contribution in [2.24, 2.45) is 0 Å². The van der Waals surface area contributed by atoms with Crippen LogP contribution in [0.3, 0.4) is 0 Å². The summed E-state index contributed by atoms with van der Waals surface area (Å²) in [5, 5.41) is 23.1. The van der Waals surface area contributed by atoms with Crippen LogP contribution in [-0.4, -0.2) is 33.5 Å². The minimum Gasteiger partial charge on any atom is -0.495 e. The van der Waals surface area contributed by atoms with Crippen molar-refractivity contribution in [1.82, 2.24) is 0 Å². The Bertz CT molecular complexity index is 1580. The maximum absolute atomic E-state index is 12.8. The van der Waals surface area contributed by atoms with Crippen LogP contribution in [0.2, 0.25) is 0 Å². The number of nitro benzene ring substituents is 1. The highest BCUT2D eigenvalue weighted by atomic mass is 127. The maximum atomic E-state index is 12.8. The summed E-state index contributed by atoms with van der Waals surface area (Å²) >= 11 is 1.85. The third-order valence-electron chi connectivity index (χ3n) is 5.07. The second-order valence-electron chi connectivity index (χ2n) is 7.65. The average molecular weight is 649 g/mol. The average Bonchev–Trinajstić information content (AvgIpc) is 2.88. The third kappa shape index (κ3) is 6.58. The van der Waals surface area contributed by atoms with E-state index in [0.29, 0.717) is 9.13 Å². The van der Waals surface area contributed by atoms with Gasteiger partial charge in [-0.05, 0) is 71.5 Å². The van der Waals surface area contributed by atoms with Crippen molar-refractivity contribution < 1.29 is 31.8 Å². The number of non-ortho nitro benzene ring substituents is 1. The van der Waals surface area contributed by atoms with Gasteiger partial charge in [-0.15, -0.1) is 0 Å². The number of hydrogen-bond acceptors (Lipinski definition) is 9. The SMILES string of the molecule is COc1ccc([N+](=O)[O-])cc1NC(=O)/C(C#N)=C/c1cc(I)c(OS(=O)(=O)c2ccc(C)cc2)c(OC)c1. The van der Waals surface area contributed by atoms with Crippen molar-refractivity contribution in [3.05, 3.63) is 85.0 Å². The third-order valence-corrected chi connectivity index (χ3v) is 7.11. The number of methoxy groups -OCH3 is 2. The van der Waals surface area contributed by atoms with E-state index >= 15 is 0 Å². The highest BCUT2D eigenvalue weighted by Crippen LogP contribution is 2.37. The van der Waals surface area contributed by atoms with E-state index in [1.54, 1.807) is 18.2 Å². The second-order valence-corrected chi connectivity index (χ2v) is 10.4. The monoisotopic (exact) mass is 649 g/mol. The first kappa shape index (κ1) is 28.4. The van der Waals surface area contributed by atoms with Crippen LogP contribution < -0.4 is 19.0 Å². The lowest BCUT2D eigenvalue weighted by Crippen LogP contribution is -2.14. The zero-order chi connectivity index (χ0) is 28.0. The van der Waals surface area contributed by atoms with Crippen molar-refractivity contribution in [3.63, 3.8) is 0 Å². The molecule has 3 aromatic rings. The summed E-state index contributed by atoms with van der Waals surface area (Å²) in [7, 11) is -1.52. The first-order valence-corrected chi connectivity index (χ1v) is 13.1. The number of carbonyl (C=O) groups excluding carboxylic acids is 1. The van der Waals surface area contributed by atoms with Crippen LogP contribution in [0.25, 0.3) is 6.08 Å². The van der Waals surface area contributed by atoms with Crippen molar-refractivity contribution in [2.75, 3.05) is 19.5 Å². The van der Waals surface area contributed by atoms with Crippen LogP contribution >= 0.6 is 22.6 Å². The molecule has 0 unspecified atom stereocenters. The minimum absolute atomic E-state index is 0.00470. The van der Waals surface area contributed by atoms with Crippen molar-refractivity contribution in [3.8, 4) is 23.3 Å². The second kappa shape index (κ2) is 11.9. The fourth-order valence-corrected chi connectivity index (χ4v) is 5.02. The van der Waals surface area contributed by atoms with E-state index in [2.05, 4.69) is 5.32 Å². The standard InChI is InChI=1S/C25H20IN3O8S/c1-15-4-7-19(8-5-15)38(33,34)37-24-20(26)11-16(12-23(24)36-3)10-17(14-27)25(30)28-21-13-18(29(31)32)6-9-22(21)35-2/h4-13H,1-3H3,(H,28,30)/b17-10+. The molecule has 0 bridgehead atoms. The summed E-state index contributed by atoms with van der Waals surface area (Å²) in [6.45, 7) is 1.82. The van der Waals surface area contributed by atoms with Gasteiger partial charge in [0.25, 0.3) is 11.6 Å². The molecule has 0 saturated heterocycles. The summed E-state index contributed by atoms with van der Waals surface area (Å²) in [4.78, 5) is 23.2. The molecule has 0 aliphatic rings. The molecule has 13 heteroatoms. The van der Waals surface area contributed by atoms with Gasteiger partial charge in [0.05, 0.1) is 28.4 Å². The Kier molecular flexibility index (Phi) is 8.92. The van der Waals surface area contributed by atoms with Crippen LogP contribution in [0.1, 0.15) is 11.1 Å². The largest absolute Gasteiger partial charge is 0.495 e. The summed E-state index contributed by atoms with van der Waals surface area (Å²) in [5.74, 6) is -0.691. The number of ether oxygens (including phenoxy) is 2. The van der Waals surface area contributed by atoms with Gasteiger partial charge in [0.1, 0.15) is 22.3 Å². The van der Waals surface area contributed by atoms with E-state index in [-0.39, 0.29) is 39.1 Å². The molecule has 3 rings (SSSR count). The van der Waals surface area contributed by atoms with Gasteiger partial charge < -0.3 is 19.0 Å². The normalized spacial score (nSPS) is 11.3. The molecule has 0 aliphatic heterocycles.